The van der Waals surface area contributed by atoms with Gasteiger partial charge in [-0.25, -0.2) is 0 Å². The van der Waals surface area contributed by atoms with E-state index >= 15 is 0 Å². The van der Waals surface area contributed by atoms with E-state index in [1.165, 1.54) is 25.9 Å². The summed E-state index contributed by atoms with van der Waals surface area (Å²) in [5.74, 6) is 2.77. The van der Waals surface area contributed by atoms with Crippen LogP contribution in [0.2, 0.25) is 0 Å². The highest BCUT2D eigenvalue weighted by Crippen LogP contribution is 2.26. The Morgan fingerprint density at radius 3 is 2.27 bits per heavy atom. The van der Waals surface area contributed by atoms with Crippen molar-refractivity contribution >= 4 is 0 Å². The lowest BCUT2D eigenvalue weighted by Gasteiger charge is -2.30. The second kappa shape index (κ2) is 5.96. The van der Waals surface area contributed by atoms with Gasteiger partial charge in [-0.05, 0) is 65.9 Å². The molecule has 1 rings (SSSR count). The molecule has 1 saturated heterocycles. The first-order valence-electron chi connectivity index (χ1n) is 5.83. The lowest BCUT2D eigenvalue weighted by molar-refractivity contribution is 0.178. The average molecular weight is 209 g/mol. The van der Waals surface area contributed by atoms with Crippen molar-refractivity contribution in [1.82, 2.24) is 4.90 Å². The smallest absolute Gasteiger partial charge is 0.102 e. The number of allylic oxidation sites excluding steroid dienone is 4. The van der Waals surface area contributed by atoms with Gasteiger partial charge in [0.2, 0.25) is 0 Å². The van der Waals surface area contributed by atoms with Crippen molar-refractivity contribution in [3.05, 3.63) is 23.7 Å². The Bertz CT molecular complexity index is 247. The molecule has 2 heteroatoms. The first kappa shape index (κ1) is 12.3. The minimum absolute atomic E-state index is 0.612. The number of hydrogen-bond acceptors (Lipinski definition) is 2. The summed E-state index contributed by atoms with van der Waals surface area (Å²) in [4.78, 5) is 2.38. The van der Waals surface area contributed by atoms with E-state index in [2.05, 4.69) is 24.9 Å². The molecule has 0 amide bonds. The third kappa shape index (κ3) is 3.71. The number of rotatable bonds is 3. The fourth-order valence-electron chi connectivity index (χ4n) is 1.92. The van der Waals surface area contributed by atoms with E-state index in [-0.39, 0.29) is 0 Å². The fourth-order valence-corrected chi connectivity index (χ4v) is 1.92. The lowest BCUT2D eigenvalue weighted by Crippen LogP contribution is -2.31. The normalized spacial score (nSPS) is 21.9. The van der Waals surface area contributed by atoms with Crippen LogP contribution in [0.1, 0.15) is 33.6 Å². The summed E-state index contributed by atoms with van der Waals surface area (Å²) in [5, 5.41) is 0. The van der Waals surface area contributed by atoms with Gasteiger partial charge in [-0.3, -0.25) is 0 Å². The lowest BCUT2D eigenvalue weighted by atomic mass is 9.95. The molecule has 1 aliphatic heterocycles. The first-order valence-corrected chi connectivity index (χ1v) is 5.83. The summed E-state index contributed by atoms with van der Waals surface area (Å²) in [5.41, 5.74) is 0. The van der Waals surface area contributed by atoms with Crippen molar-refractivity contribution in [3.8, 4) is 0 Å². The Hall–Kier alpha value is -0.760. The maximum absolute atomic E-state index is 5.83. The molecule has 0 N–H and O–H groups in total. The molecule has 15 heavy (non-hydrogen) atoms. The summed E-state index contributed by atoms with van der Waals surface area (Å²) in [6.45, 7) is 8.45. The zero-order valence-corrected chi connectivity index (χ0v) is 10.4. The Kier molecular flexibility index (Phi) is 4.89. The number of likely N-dealkylation sites (tertiary alicyclic amines) is 1. The predicted molar refractivity (Wildman–Crippen MR) is 64.5 cm³/mol. The molecular weight excluding hydrogens is 186 g/mol. The topological polar surface area (TPSA) is 12.5 Å². The SMILES string of the molecule is C/C=C(/C)O/C(=C\C)C1CCN(C)CC1. The van der Waals surface area contributed by atoms with E-state index in [9.17, 15) is 0 Å². The molecule has 0 aromatic carbocycles. The molecular formula is C13H23NO. The molecule has 2 nitrogen and oxygen atoms in total. The number of piperidine rings is 1. The van der Waals surface area contributed by atoms with Crippen LogP contribution < -0.4 is 0 Å². The molecule has 0 radical (unpaired) electrons. The summed E-state index contributed by atoms with van der Waals surface area (Å²) in [6, 6.07) is 0. The molecule has 0 aromatic rings. The van der Waals surface area contributed by atoms with Crippen molar-refractivity contribution in [2.24, 2.45) is 5.92 Å². The van der Waals surface area contributed by atoms with Crippen LogP contribution >= 0.6 is 0 Å². The number of ether oxygens (including phenoxy) is 1. The van der Waals surface area contributed by atoms with Crippen LogP contribution in [0, 0.1) is 5.92 Å². The van der Waals surface area contributed by atoms with Crippen LogP contribution in [-0.2, 0) is 4.74 Å². The largest absolute Gasteiger partial charge is 0.467 e. The van der Waals surface area contributed by atoms with Gasteiger partial charge in [-0.15, -0.1) is 0 Å². The minimum atomic E-state index is 0.612. The molecule has 1 fully saturated rings. The number of nitrogens with zero attached hydrogens (tertiary/aromatic N) is 1. The highest BCUT2D eigenvalue weighted by Gasteiger charge is 2.21. The highest BCUT2D eigenvalue weighted by atomic mass is 16.5. The highest BCUT2D eigenvalue weighted by molar-refractivity contribution is 5.03. The second-order valence-corrected chi connectivity index (χ2v) is 4.27. The Morgan fingerprint density at radius 1 is 1.20 bits per heavy atom. The molecule has 0 bridgehead atoms. The van der Waals surface area contributed by atoms with Crippen molar-refractivity contribution in [2.45, 2.75) is 33.6 Å². The second-order valence-electron chi connectivity index (χ2n) is 4.27. The third-order valence-corrected chi connectivity index (χ3v) is 3.09. The zero-order valence-electron chi connectivity index (χ0n) is 10.4. The van der Waals surface area contributed by atoms with Crippen molar-refractivity contribution < 1.29 is 4.74 Å². The van der Waals surface area contributed by atoms with Crippen LogP contribution in [0.4, 0.5) is 0 Å². The zero-order chi connectivity index (χ0) is 11.3. The van der Waals surface area contributed by atoms with E-state index < -0.39 is 0 Å². The van der Waals surface area contributed by atoms with Gasteiger partial charge < -0.3 is 9.64 Å². The van der Waals surface area contributed by atoms with Gasteiger partial charge in [-0.1, -0.05) is 0 Å². The van der Waals surface area contributed by atoms with Gasteiger partial charge in [-0.2, -0.15) is 0 Å². The Morgan fingerprint density at radius 2 is 1.80 bits per heavy atom. The van der Waals surface area contributed by atoms with Gasteiger partial charge in [0.05, 0.1) is 5.76 Å². The van der Waals surface area contributed by atoms with E-state index in [1.54, 1.807) is 0 Å². The van der Waals surface area contributed by atoms with Crippen molar-refractivity contribution in [3.63, 3.8) is 0 Å². The Balaban J connectivity index is 2.53. The summed E-state index contributed by atoms with van der Waals surface area (Å²) >= 11 is 0. The molecule has 0 atom stereocenters. The van der Waals surface area contributed by atoms with E-state index in [1.807, 2.05) is 19.9 Å². The summed E-state index contributed by atoms with van der Waals surface area (Å²) in [6.07, 6.45) is 6.56. The first-order chi connectivity index (χ1) is 7.17. The van der Waals surface area contributed by atoms with Crippen LogP contribution in [0.25, 0.3) is 0 Å². The van der Waals surface area contributed by atoms with E-state index in [4.69, 9.17) is 4.74 Å². The van der Waals surface area contributed by atoms with Gasteiger partial charge >= 0.3 is 0 Å². The molecule has 0 spiro atoms. The van der Waals surface area contributed by atoms with Crippen molar-refractivity contribution in [1.29, 1.82) is 0 Å². The van der Waals surface area contributed by atoms with Crippen LogP contribution in [-0.4, -0.2) is 25.0 Å². The monoisotopic (exact) mass is 209 g/mol. The molecule has 1 aliphatic rings. The minimum Gasteiger partial charge on any atom is -0.467 e. The fraction of sp³-hybridized carbons (Fsp3) is 0.692. The van der Waals surface area contributed by atoms with Gasteiger partial charge in [0.25, 0.3) is 0 Å². The van der Waals surface area contributed by atoms with Gasteiger partial charge in [0.15, 0.2) is 0 Å². The van der Waals surface area contributed by atoms with Crippen LogP contribution in [0.5, 0.6) is 0 Å². The van der Waals surface area contributed by atoms with E-state index in [0.29, 0.717) is 5.92 Å². The molecule has 0 saturated carbocycles. The third-order valence-electron chi connectivity index (χ3n) is 3.09. The molecule has 0 aliphatic carbocycles. The average Bonchev–Trinajstić information content (AvgIpc) is 2.27. The molecule has 0 aromatic heterocycles. The Labute approximate surface area is 93.6 Å². The molecule has 1 heterocycles. The summed E-state index contributed by atoms with van der Waals surface area (Å²) in [7, 11) is 2.18. The van der Waals surface area contributed by atoms with Crippen molar-refractivity contribution in [2.75, 3.05) is 20.1 Å². The summed E-state index contributed by atoms with van der Waals surface area (Å²) < 4.78 is 5.83. The quantitative estimate of drug-likeness (QED) is 0.662. The molecule has 86 valence electrons. The van der Waals surface area contributed by atoms with E-state index in [0.717, 1.165) is 11.5 Å². The predicted octanol–water partition coefficient (Wildman–Crippen LogP) is 3.17. The number of hydrogen-bond donors (Lipinski definition) is 0. The van der Waals surface area contributed by atoms with Crippen LogP contribution in [0.15, 0.2) is 23.7 Å². The molecule has 0 unspecified atom stereocenters. The maximum Gasteiger partial charge on any atom is 0.102 e. The van der Waals surface area contributed by atoms with Crippen LogP contribution in [0.3, 0.4) is 0 Å². The standard InChI is InChI=1S/C13H23NO/c1-5-11(3)15-13(6-2)12-7-9-14(4)10-8-12/h5-6,12H,7-10H2,1-4H3/b11-5-,13-6-. The maximum atomic E-state index is 5.83. The van der Waals surface area contributed by atoms with Gasteiger partial charge in [0, 0.05) is 5.92 Å². The van der Waals surface area contributed by atoms with Gasteiger partial charge in [0.1, 0.15) is 5.76 Å².